The van der Waals surface area contributed by atoms with Gasteiger partial charge in [0.2, 0.25) is 5.91 Å². The lowest BCUT2D eigenvalue weighted by molar-refractivity contribution is -0.119. The van der Waals surface area contributed by atoms with Gasteiger partial charge in [-0.3, -0.25) is 4.79 Å². The van der Waals surface area contributed by atoms with Crippen molar-refractivity contribution in [3.63, 3.8) is 0 Å². The zero-order chi connectivity index (χ0) is 12.8. The lowest BCUT2D eigenvalue weighted by Gasteiger charge is -2.12. The number of amides is 1. The summed E-state index contributed by atoms with van der Waals surface area (Å²) in [5.41, 5.74) is 2.27. The van der Waals surface area contributed by atoms with Gasteiger partial charge in [-0.1, -0.05) is 26.0 Å². The third-order valence-electron chi connectivity index (χ3n) is 2.46. The Morgan fingerprint density at radius 3 is 2.53 bits per heavy atom. The Morgan fingerprint density at radius 1 is 1.24 bits per heavy atom. The number of carbonyl (C=O) groups excluding carboxylic acids is 1. The number of nitrogens with one attached hydrogen (secondary N) is 2. The van der Waals surface area contributed by atoms with Crippen molar-refractivity contribution in [3.8, 4) is 0 Å². The molecule has 1 rings (SSSR count). The maximum absolute atomic E-state index is 11.5. The summed E-state index contributed by atoms with van der Waals surface area (Å²) in [5, 5.41) is 5.98. The van der Waals surface area contributed by atoms with Crippen LogP contribution in [0.3, 0.4) is 0 Å². The van der Waals surface area contributed by atoms with E-state index in [1.807, 2.05) is 26.0 Å². The summed E-state index contributed by atoms with van der Waals surface area (Å²) in [6.07, 6.45) is 0. The van der Waals surface area contributed by atoms with E-state index in [1.165, 1.54) is 5.56 Å². The molecule has 3 heteroatoms. The van der Waals surface area contributed by atoms with Crippen LogP contribution in [0.25, 0.3) is 0 Å². The largest absolute Gasteiger partial charge is 0.376 e. The Hall–Kier alpha value is -1.51. The predicted molar refractivity (Wildman–Crippen MR) is 72.3 cm³/mol. The van der Waals surface area contributed by atoms with E-state index in [0.29, 0.717) is 12.5 Å². The second kappa shape index (κ2) is 6.28. The van der Waals surface area contributed by atoms with E-state index in [4.69, 9.17) is 0 Å². The topological polar surface area (TPSA) is 41.1 Å². The second-order valence-corrected chi connectivity index (χ2v) is 4.86. The molecule has 0 aromatic heterocycles. The third-order valence-corrected chi connectivity index (χ3v) is 2.46. The highest BCUT2D eigenvalue weighted by atomic mass is 16.1. The van der Waals surface area contributed by atoms with Crippen molar-refractivity contribution in [1.82, 2.24) is 5.32 Å². The van der Waals surface area contributed by atoms with Crippen LogP contribution in [0.1, 0.15) is 39.2 Å². The molecule has 3 nitrogen and oxygen atoms in total. The van der Waals surface area contributed by atoms with Gasteiger partial charge in [-0.05, 0) is 37.5 Å². The summed E-state index contributed by atoms with van der Waals surface area (Å²) in [7, 11) is 0. The zero-order valence-electron chi connectivity index (χ0n) is 11.1. The Kier molecular flexibility index (Phi) is 5.01. The molecule has 17 heavy (non-hydrogen) atoms. The Balaban J connectivity index is 2.52. The molecule has 0 atom stereocenters. The third kappa shape index (κ3) is 4.89. The van der Waals surface area contributed by atoms with Crippen molar-refractivity contribution >= 4 is 11.6 Å². The average Bonchev–Trinajstić information content (AvgIpc) is 2.26. The molecule has 0 spiro atoms. The van der Waals surface area contributed by atoms with Crippen LogP contribution in [0.5, 0.6) is 0 Å². The van der Waals surface area contributed by atoms with Crippen LogP contribution in [0.2, 0.25) is 0 Å². The number of benzene rings is 1. The molecular weight excluding hydrogens is 212 g/mol. The number of rotatable bonds is 5. The van der Waals surface area contributed by atoms with Gasteiger partial charge in [-0.25, -0.2) is 0 Å². The van der Waals surface area contributed by atoms with E-state index in [9.17, 15) is 4.79 Å². The standard InChI is InChI=1S/C14H22N2O/c1-10(2)12-6-5-7-13(8-12)15-9-14(17)16-11(3)4/h5-8,10-11,15H,9H2,1-4H3,(H,16,17). The molecule has 0 aliphatic carbocycles. The lowest BCUT2D eigenvalue weighted by Crippen LogP contribution is -2.34. The molecule has 1 amide bonds. The molecule has 0 bridgehead atoms. The molecule has 0 fully saturated rings. The van der Waals surface area contributed by atoms with Crippen molar-refractivity contribution in [2.45, 2.75) is 39.7 Å². The van der Waals surface area contributed by atoms with E-state index in [0.717, 1.165) is 5.69 Å². The molecular formula is C14H22N2O. The molecule has 0 heterocycles. The van der Waals surface area contributed by atoms with Gasteiger partial charge in [0.05, 0.1) is 6.54 Å². The first-order valence-corrected chi connectivity index (χ1v) is 6.12. The van der Waals surface area contributed by atoms with Crippen LogP contribution < -0.4 is 10.6 Å². The molecule has 0 saturated heterocycles. The molecule has 1 aromatic rings. The van der Waals surface area contributed by atoms with E-state index in [1.54, 1.807) is 0 Å². The predicted octanol–water partition coefficient (Wildman–Crippen LogP) is 2.75. The van der Waals surface area contributed by atoms with E-state index in [2.05, 4.69) is 36.6 Å². The fourth-order valence-electron chi connectivity index (χ4n) is 1.56. The van der Waals surface area contributed by atoms with Gasteiger partial charge < -0.3 is 10.6 Å². The minimum Gasteiger partial charge on any atom is -0.376 e. The number of carbonyl (C=O) groups is 1. The van der Waals surface area contributed by atoms with Crippen LogP contribution in [0.4, 0.5) is 5.69 Å². The van der Waals surface area contributed by atoms with Crippen molar-refractivity contribution in [1.29, 1.82) is 0 Å². The maximum Gasteiger partial charge on any atom is 0.239 e. The van der Waals surface area contributed by atoms with Crippen LogP contribution in [-0.4, -0.2) is 18.5 Å². The first-order chi connectivity index (χ1) is 7.99. The second-order valence-electron chi connectivity index (χ2n) is 4.86. The van der Waals surface area contributed by atoms with Crippen molar-refractivity contribution < 1.29 is 4.79 Å². The first kappa shape index (κ1) is 13.6. The molecule has 0 radical (unpaired) electrons. The maximum atomic E-state index is 11.5. The normalized spacial score (nSPS) is 10.7. The van der Waals surface area contributed by atoms with Gasteiger partial charge >= 0.3 is 0 Å². The molecule has 2 N–H and O–H groups in total. The van der Waals surface area contributed by atoms with Crippen LogP contribution in [-0.2, 0) is 4.79 Å². The zero-order valence-corrected chi connectivity index (χ0v) is 11.1. The van der Waals surface area contributed by atoms with Gasteiger partial charge in [0.25, 0.3) is 0 Å². The van der Waals surface area contributed by atoms with Gasteiger partial charge in [0.15, 0.2) is 0 Å². The van der Waals surface area contributed by atoms with Crippen molar-refractivity contribution in [3.05, 3.63) is 29.8 Å². The van der Waals surface area contributed by atoms with Gasteiger partial charge in [-0.2, -0.15) is 0 Å². The molecule has 0 aliphatic heterocycles. The highest BCUT2D eigenvalue weighted by molar-refractivity contribution is 5.80. The molecule has 1 aromatic carbocycles. The number of hydrogen-bond donors (Lipinski definition) is 2. The SMILES string of the molecule is CC(C)NC(=O)CNc1cccc(C(C)C)c1. The van der Waals surface area contributed by atoms with Gasteiger partial charge in [0, 0.05) is 11.7 Å². The fourth-order valence-corrected chi connectivity index (χ4v) is 1.56. The highest BCUT2D eigenvalue weighted by Crippen LogP contribution is 2.18. The smallest absolute Gasteiger partial charge is 0.239 e. The Bertz CT molecular complexity index is 372. The van der Waals surface area contributed by atoms with Gasteiger partial charge in [0.1, 0.15) is 0 Å². The van der Waals surface area contributed by atoms with Crippen molar-refractivity contribution in [2.24, 2.45) is 0 Å². The first-order valence-electron chi connectivity index (χ1n) is 6.12. The van der Waals surface area contributed by atoms with E-state index in [-0.39, 0.29) is 11.9 Å². The minimum atomic E-state index is 0.0231. The van der Waals surface area contributed by atoms with Crippen LogP contribution >= 0.6 is 0 Å². The summed E-state index contributed by atoms with van der Waals surface area (Å²) in [6, 6.07) is 8.37. The molecule has 0 saturated carbocycles. The van der Waals surface area contributed by atoms with E-state index < -0.39 is 0 Å². The van der Waals surface area contributed by atoms with Gasteiger partial charge in [-0.15, -0.1) is 0 Å². The van der Waals surface area contributed by atoms with Crippen LogP contribution in [0, 0.1) is 0 Å². The quantitative estimate of drug-likeness (QED) is 0.822. The molecule has 0 aliphatic rings. The Morgan fingerprint density at radius 2 is 1.94 bits per heavy atom. The van der Waals surface area contributed by atoms with Crippen LogP contribution in [0.15, 0.2) is 24.3 Å². The Labute approximate surface area is 104 Å². The minimum absolute atomic E-state index is 0.0231. The summed E-state index contributed by atoms with van der Waals surface area (Å²) >= 11 is 0. The molecule has 0 unspecified atom stereocenters. The monoisotopic (exact) mass is 234 g/mol. The lowest BCUT2D eigenvalue weighted by atomic mass is 10.0. The summed E-state index contributed by atoms with van der Waals surface area (Å²) in [5.74, 6) is 0.524. The van der Waals surface area contributed by atoms with Crippen molar-refractivity contribution in [2.75, 3.05) is 11.9 Å². The number of anilines is 1. The summed E-state index contributed by atoms with van der Waals surface area (Å²) in [4.78, 5) is 11.5. The van der Waals surface area contributed by atoms with E-state index >= 15 is 0 Å². The summed E-state index contributed by atoms with van der Waals surface area (Å²) in [6.45, 7) is 8.55. The average molecular weight is 234 g/mol. The number of hydrogen-bond acceptors (Lipinski definition) is 2. The fraction of sp³-hybridized carbons (Fsp3) is 0.500. The molecule has 94 valence electrons. The summed E-state index contributed by atoms with van der Waals surface area (Å²) < 4.78 is 0. The highest BCUT2D eigenvalue weighted by Gasteiger charge is 2.04.